The van der Waals surface area contributed by atoms with Crippen molar-refractivity contribution in [3.05, 3.63) is 32.4 Å². The average molecular weight is 357 g/mol. The fraction of sp³-hybridized carbons (Fsp3) is 0.571. The van der Waals surface area contributed by atoms with E-state index in [4.69, 9.17) is 0 Å². The molecule has 110 valence electrons. The number of nitrogens with zero attached hydrogens (tertiary/aromatic N) is 3. The Bertz CT molecular complexity index is 549. The van der Waals surface area contributed by atoms with Gasteiger partial charge in [-0.15, -0.1) is 11.3 Å². The molecule has 4 nitrogen and oxygen atoms in total. The Balaban J connectivity index is 2.24. The Morgan fingerprint density at radius 1 is 1.45 bits per heavy atom. The summed E-state index contributed by atoms with van der Waals surface area (Å²) in [6.07, 6.45) is 3.90. The van der Waals surface area contributed by atoms with E-state index in [9.17, 15) is 0 Å². The van der Waals surface area contributed by atoms with Gasteiger partial charge >= 0.3 is 0 Å². The minimum Gasteiger partial charge on any atom is -0.308 e. The van der Waals surface area contributed by atoms with Crippen LogP contribution in [-0.4, -0.2) is 21.3 Å². The molecule has 2 heterocycles. The van der Waals surface area contributed by atoms with Crippen LogP contribution in [0.25, 0.3) is 0 Å². The van der Waals surface area contributed by atoms with Gasteiger partial charge in [0.15, 0.2) is 0 Å². The zero-order valence-electron chi connectivity index (χ0n) is 12.2. The molecular weight excluding hydrogens is 336 g/mol. The van der Waals surface area contributed by atoms with Crippen LogP contribution in [0.5, 0.6) is 0 Å². The van der Waals surface area contributed by atoms with Gasteiger partial charge in [-0.05, 0) is 42.7 Å². The number of hydrogen-bond donors (Lipinski definition) is 1. The van der Waals surface area contributed by atoms with Gasteiger partial charge in [-0.25, -0.2) is 4.98 Å². The van der Waals surface area contributed by atoms with Crippen LogP contribution < -0.4 is 5.32 Å². The molecule has 1 unspecified atom stereocenters. The van der Waals surface area contributed by atoms with Crippen LogP contribution >= 0.6 is 27.3 Å². The lowest BCUT2D eigenvalue weighted by Gasteiger charge is -2.19. The smallest absolute Gasteiger partial charge is 0.0947 e. The summed E-state index contributed by atoms with van der Waals surface area (Å²) in [5.41, 5.74) is 2.32. The van der Waals surface area contributed by atoms with Crippen LogP contribution in [0.4, 0.5) is 0 Å². The standard InChI is InChI=1S/C14H21BrN4S/c1-4-6-16-12(7-13-18-10(3)9-20-13)14-11(15)8-17-19(14)5-2/h8-9,12,16H,4-7H2,1-3H3. The molecule has 0 fully saturated rings. The van der Waals surface area contributed by atoms with E-state index in [0.29, 0.717) is 0 Å². The topological polar surface area (TPSA) is 42.7 Å². The molecule has 0 bridgehead atoms. The van der Waals surface area contributed by atoms with Crippen LogP contribution in [0.3, 0.4) is 0 Å². The summed E-state index contributed by atoms with van der Waals surface area (Å²) < 4.78 is 3.12. The van der Waals surface area contributed by atoms with Crippen LogP contribution in [0.15, 0.2) is 16.0 Å². The van der Waals surface area contributed by atoms with E-state index in [2.05, 4.69) is 55.2 Å². The Morgan fingerprint density at radius 2 is 2.25 bits per heavy atom. The van der Waals surface area contributed by atoms with E-state index in [1.54, 1.807) is 11.3 Å². The minimum atomic E-state index is 0.248. The van der Waals surface area contributed by atoms with Crippen molar-refractivity contribution in [1.82, 2.24) is 20.1 Å². The van der Waals surface area contributed by atoms with Crippen LogP contribution in [0, 0.1) is 6.92 Å². The highest BCUT2D eigenvalue weighted by molar-refractivity contribution is 9.10. The van der Waals surface area contributed by atoms with Gasteiger partial charge < -0.3 is 5.32 Å². The summed E-state index contributed by atoms with van der Waals surface area (Å²) in [5.74, 6) is 0. The molecule has 0 amide bonds. The molecule has 1 atom stereocenters. The molecule has 0 aliphatic rings. The van der Waals surface area contributed by atoms with E-state index in [0.717, 1.165) is 36.1 Å². The second-order valence-corrected chi connectivity index (χ2v) is 6.58. The van der Waals surface area contributed by atoms with E-state index in [-0.39, 0.29) is 6.04 Å². The molecule has 0 aliphatic heterocycles. The lowest BCUT2D eigenvalue weighted by molar-refractivity contribution is 0.476. The molecule has 0 saturated heterocycles. The zero-order valence-corrected chi connectivity index (χ0v) is 14.6. The third-order valence-corrected chi connectivity index (χ3v) is 4.75. The fourth-order valence-electron chi connectivity index (χ4n) is 2.23. The number of thiazole rings is 1. The maximum absolute atomic E-state index is 4.59. The Morgan fingerprint density at radius 3 is 2.85 bits per heavy atom. The summed E-state index contributed by atoms with van der Waals surface area (Å²) in [6, 6.07) is 0.248. The molecule has 6 heteroatoms. The lowest BCUT2D eigenvalue weighted by Crippen LogP contribution is -2.27. The third kappa shape index (κ3) is 3.68. The highest BCUT2D eigenvalue weighted by atomic mass is 79.9. The van der Waals surface area contributed by atoms with Crippen LogP contribution in [0.2, 0.25) is 0 Å². The fourth-order valence-corrected chi connectivity index (χ4v) is 3.62. The summed E-state index contributed by atoms with van der Waals surface area (Å²) in [6.45, 7) is 8.22. The second kappa shape index (κ2) is 7.33. The number of aryl methyl sites for hydroxylation is 2. The SMILES string of the molecule is CCCNC(Cc1nc(C)cs1)c1c(Br)cnn1CC. The van der Waals surface area contributed by atoms with Gasteiger partial charge in [0.1, 0.15) is 0 Å². The quantitative estimate of drug-likeness (QED) is 0.821. The Labute approximate surface area is 132 Å². The number of halogens is 1. The first kappa shape index (κ1) is 15.7. The van der Waals surface area contributed by atoms with E-state index in [1.165, 1.54) is 10.7 Å². The van der Waals surface area contributed by atoms with Gasteiger partial charge in [-0.1, -0.05) is 6.92 Å². The molecule has 20 heavy (non-hydrogen) atoms. The number of nitrogens with one attached hydrogen (secondary N) is 1. The summed E-state index contributed by atoms with van der Waals surface area (Å²) in [4.78, 5) is 4.59. The Kier molecular flexibility index (Phi) is 5.74. The molecular formula is C14H21BrN4S. The highest BCUT2D eigenvalue weighted by Crippen LogP contribution is 2.27. The predicted molar refractivity (Wildman–Crippen MR) is 87.2 cm³/mol. The molecule has 0 aliphatic carbocycles. The third-order valence-electron chi connectivity index (χ3n) is 3.15. The molecule has 2 rings (SSSR count). The van der Waals surface area contributed by atoms with Gasteiger partial charge in [0.25, 0.3) is 0 Å². The maximum Gasteiger partial charge on any atom is 0.0947 e. The van der Waals surface area contributed by atoms with Gasteiger partial charge in [-0.2, -0.15) is 5.10 Å². The number of hydrogen-bond acceptors (Lipinski definition) is 4. The molecule has 0 spiro atoms. The van der Waals surface area contributed by atoms with Crippen LogP contribution in [0.1, 0.15) is 42.7 Å². The monoisotopic (exact) mass is 356 g/mol. The molecule has 1 N–H and O–H groups in total. The average Bonchev–Trinajstić information content (AvgIpc) is 3.00. The van der Waals surface area contributed by atoms with Crippen molar-refractivity contribution < 1.29 is 0 Å². The lowest BCUT2D eigenvalue weighted by atomic mass is 10.1. The van der Waals surface area contributed by atoms with Gasteiger partial charge in [0.2, 0.25) is 0 Å². The summed E-state index contributed by atoms with van der Waals surface area (Å²) in [5, 5.41) is 11.3. The predicted octanol–water partition coefficient (Wildman–Crippen LogP) is 3.71. The summed E-state index contributed by atoms with van der Waals surface area (Å²) in [7, 11) is 0. The normalized spacial score (nSPS) is 12.8. The first-order valence-corrected chi connectivity index (χ1v) is 8.68. The van der Waals surface area contributed by atoms with Gasteiger partial charge in [0, 0.05) is 24.0 Å². The van der Waals surface area contributed by atoms with E-state index >= 15 is 0 Å². The highest BCUT2D eigenvalue weighted by Gasteiger charge is 2.20. The van der Waals surface area contributed by atoms with Crippen molar-refractivity contribution in [2.45, 2.75) is 46.2 Å². The Hall–Kier alpha value is -0.720. The minimum absolute atomic E-state index is 0.248. The van der Waals surface area contributed by atoms with Crippen LogP contribution in [-0.2, 0) is 13.0 Å². The number of aromatic nitrogens is 3. The van der Waals surface area contributed by atoms with E-state index in [1.807, 2.05) is 13.1 Å². The zero-order chi connectivity index (χ0) is 14.5. The second-order valence-electron chi connectivity index (χ2n) is 4.79. The van der Waals surface area contributed by atoms with Crippen molar-refractivity contribution in [3.63, 3.8) is 0 Å². The van der Waals surface area contributed by atoms with E-state index < -0.39 is 0 Å². The number of rotatable bonds is 7. The van der Waals surface area contributed by atoms with Gasteiger partial charge in [-0.3, -0.25) is 4.68 Å². The van der Waals surface area contributed by atoms with Crippen molar-refractivity contribution in [3.8, 4) is 0 Å². The van der Waals surface area contributed by atoms with Crippen molar-refractivity contribution in [1.29, 1.82) is 0 Å². The maximum atomic E-state index is 4.59. The molecule has 0 radical (unpaired) electrons. The van der Waals surface area contributed by atoms with Crippen molar-refractivity contribution >= 4 is 27.3 Å². The largest absolute Gasteiger partial charge is 0.308 e. The summed E-state index contributed by atoms with van der Waals surface area (Å²) >= 11 is 5.36. The molecule has 0 aromatic carbocycles. The van der Waals surface area contributed by atoms with Crippen molar-refractivity contribution in [2.75, 3.05) is 6.54 Å². The molecule has 2 aromatic rings. The first-order valence-electron chi connectivity index (χ1n) is 7.01. The van der Waals surface area contributed by atoms with Gasteiger partial charge in [0.05, 0.1) is 27.4 Å². The molecule has 0 saturated carbocycles. The van der Waals surface area contributed by atoms with Crippen molar-refractivity contribution in [2.24, 2.45) is 0 Å². The molecule has 2 aromatic heterocycles. The first-order chi connectivity index (χ1) is 9.65.